The minimum Gasteiger partial charge on any atom is -0.358 e. The van der Waals surface area contributed by atoms with Gasteiger partial charge in [0.1, 0.15) is 5.15 Å². The molecule has 0 aromatic carbocycles. The highest BCUT2D eigenvalue weighted by atomic mass is 35.5. The van der Waals surface area contributed by atoms with E-state index in [2.05, 4.69) is 15.3 Å². The van der Waals surface area contributed by atoms with E-state index in [0.717, 1.165) is 5.56 Å². The standard InChI is InChI=1S/C12H11ClN4O2/c1-8(9-3-2-6-14-7-9)15-12-10(17(18)19)4-5-11(13)16-12/h2-8H,1H3,(H,15,16)/t8-/m1/s1. The predicted octanol–water partition coefficient (Wildman–Crippen LogP) is 3.21. The number of nitrogens with zero attached hydrogens (tertiary/aromatic N) is 3. The van der Waals surface area contributed by atoms with E-state index in [1.807, 2.05) is 13.0 Å². The monoisotopic (exact) mass is 278 g/mol. The maximum Gasteiger partial charge on any atom is 0.311 e. The average molecular weight is 279 g/mol. The van der Waals surface area contributed by atoms with Gasteiger partial charge in [-0.3, -0.25) is 15.1 Å². The van der Waals surface area contributed by atoms with Gasteiger partial charge in [0.2, 0.25) is 5.82 Å². The lowest BCUT2D eigenvalue weighted by atomic mass is 10.1. The Balaban J connectivity index is 2.28. The summed E-state index contributed by atoms with van der Waals surface area (Å²) in [4.78, 5) is 18.4. The molecular weight excluding hydrogens is 268 g/mol. The Hall–Kier alpha value is -2.21. The predicted molar refractivity (Wildman–Crippen MR) is 72.2 cm³/mol. The van der Waals surface area contributed by atoms with Crippen molar-refractivity contribution >= 4 is 23.1 Å². The van der Waals surface area contributed by atoms with Gasteiger partial charge >= 0.3 is 5.69 Å². The van der Waals surface area contributed by atoms with E-state index in [-0.39, 0.29) is 22.7 Å². The molecule has 0 amide bonds. The third kappa shape index (κ3) is 3.17. The highest BCUT2D eigenvalue weighted by Crippen LogP contribution is 2.27. The molecule has 0 saturated carbocycles. The van der Waals surface area contributed by atoms with Gasteiger partial charge in [0.05, 0.1) is 11.0 Å². The number of aromatic nitrogens is 2. The van der Waals surface area contributed by atoms with Gasteiger partial charge in [0.15, 0.2) is 0 Å². The van der Waals surface area contributed by atoms with Crippen molar-refractivity contribution in [2.45, 2.75) is 13.0 Å². The third-order valence-corrected chi connectivity index (χ3v) is 2.78. The van der Waals surface area contributed by atoms with E-state index in [9.17, 15) is 10.1 Å². The first kappa shape index (κ1) is 13.2. The van der Waals surface area contributed by atoms with Gasteiger partial charge in [0.25, 0.3) is 0 Å². The lowest BCUT2D eigenvalue weighted by Gasteiger charge is -2.14. The Morgan fingerprint density at radius 3 is 2.84 bits per heavy atom. The fourth-order valence-electron chi connectivity index (χ4n) is 1.60. The Labute approximate surface area is 114 Å². The first-order chi connectivity index (χ1) is 9.08. The molecule has 2 heterocycles. The summed E-state index contributed by atoms with van der Waals surface area (Å²) >= 11 is 5.76. The van der Waals surface area contributed by atoms with Crippen molar-refractivity contribution in [3.05, 3.63) is 57.5 Å². The lowest BCUT2D eigenvalue weighted by molar-refractivity contribution is -0.384. The van der Waals surface area contributed by atoms with E-state index < -0.39 is 4.92 Å². The molecule has 0 aliphatic heterocycles. The summed E-state index contributed by atoms with van der Waals surface area (Å²) in [7, 11) is 0. The molecule has 0 saturated heterocycles. The van der Waals surface area contributed by atoms with Gasteiger partial charge in [0, 0.05) is 18.5 Å². The van der Waals surface area contributed by atoms with Crippen molar-refractivity contribution in [3.8, 4) is 0 Å². The number of anilines is 1. The minimum absolute atomic E-state index is 0.111. The average Bonchev–Trinajstić information content (AvgIpc) is 2.39. The summed E-state index contributed by atoms with van der Waals surface area (Å²) in [5, 5.41) is 14.1. The highest BCUT2D eigenvalue weighted by molar-refractivity contribution is 6.29. The second kappa shape index (κ2) is 5.62. The summed E-state index contributed by atoms with van der Waals surface area (Å²) < 4.78 is 0. The molecule has 0 radical (unpaired) electrons. The molecule has 2 aromatic rings. The van der Waals surface area contributed by atoms with Gasteiger partial charge in [-0.05, 0) is 24.6 Å². The maximum absolute atomic E-state index is 10.9. The van der Waals surface area contributed by atoms with Gasteiger partial charge < -0.3 is 5.32 Å². The SMILES string of the molecule is C[C@@H](Nc1nc(Cl)ccc1[N+](=O)[O-])c1cccnc1. The summed E-state index contributed by atoms with van der Waals surface area (Å²) in [6, 6.07) is 6.22. The molecule has 98 valence electrons. The first-order valence-electron chi connectivity index (χ1n) is 5.55. The van der Waals surface area contributed by atoms with E-state index in [0.29, 0.717) is 0 Å². The molecule has 2 rings (SSSR count). The van der Waals surface area contributed by atoms with Crippen molar-refractivity contribution in [2.24, 2.45) is 0 Å². The van der Waals surface area contributed by atoms with Gasteiger partial charge in [-0.2, -0.15) is 0 Å². The van der Waals surface area contributed by atoms with E-state index >= 15 is 0 Å². The number of hydrogen-bond acceptors (Lipinski definition) is 5. The van der Waals surface area contributed by atoms with Crippen LogP contribution in [0.4, 0.5) is 11.5 Å². The molecule has 19 heavy (non-hydrogen) atoms. The number of pyridine rings is 2. The zero-order chi connectivity index (χ0) is 13.8. The second-order valence-electron chi connectivity index (χ2n) is 3.91. The molecule has 0 aliphatic rings. The van der Waals surface area contributed by atoms with E-state index in [4.69, 9.17) is 11.6 Å². The Morgan fingerprint density at radius 1 is 1.42 bits per heavy atom. The molecule has 0 bridgehead atoms. The summed E-state index contributed by atoms with van der Waals surface area (Å²) in [5.74, 6) is 0.147. The Morgan fingerprint density at radius 2 is 2.21 bits per heavy atom. The molecule has 7 heteroatoms. The number of nitro groups is 1. The number of rotatable bonds is 4. The Bertz CT molecular complexity index is 592. The summed E-state index contributed by atoms with van der Waals surface area (Å²) in [6.07, 6.45) is 3.35. The fraction of sp³-hybridized carbons (Fsp3) is 0.167. The molecule has 0 spiro atoms. The van der Waals surface area contributed by atoms with Crippen LogP contribution in [-0.4, -0.2) is 14.9 Å². The third-order valence-electron chi connectivity index (χ3n) is 2.57. The fourth-order valence-corrected chi connectivity index (χ4v) is 1.75. The van der Waals surface area contributed by atoms with Crippen molar-refractivity contribution < 1.29 is 4.92 Å². The quantitative estimate of drug-likeness (QED) is 0.527. The minimum atomic E-state index is -0.498. The molecule has 1 atom stereocenters. The van der Waals surface area contributed by atoms with Crippen LogP contribution in [0, 0.1) is 10.1 Å². The van der Waals surface area contributed by atoms with Gasteiger partial charge in [-0.25, -0.2) is 4.98 Å². The largest absolute Gasteiger partial charge is 0.358 e. The molecular formula is C12H11ClN4O2. The summed E-state index contributed by atoms with van der Waals surface area (Å²) in [5.41, 5.74) is 0.790. The molecule has 0 unspecified atom stereocenters. The summed E-state index contributed by atoms with van der Waals surface area (Å²) in [6.45, 7) is 1.86. The lowest BCUT2D eigenvalue weighted by Crippen LogP contribution is -2.10. The van der Waals surface area contributed by atoms with Crippen LogP contribution >= 0.6 is 11.6 Å². The van der Waals surface area contributed by atoms with Crippen LogP contribution in [0.15, 0.2) is 36.7 Å². The zero-order valence-electron chi connectivity index (χ0n) is 10.1. The maximum atomic E-state index is 10.9. The van der Waals surface area contributed by atoms with E-state index in [1.165, 1.54) is 12.1 Å². The second-order valence-corrected chi connectivity index (χ2v) is 4.30. The van der Waals surface area contributed by atoms with Crippen molar-refractivity contribution in [1.82, 2.24) is 9.97 Å². The number of halogens is 1. The molecule has 1 N–H and O–H groups in total. The van der Waals surface area contributed by atoms with Crippen molar-refractivity contribution in [1.29, 1.82) is 0 Å². The van der Waals surface area contributed by atoms with Crippen LogP contribution in [0.25, 0.3) is 0 Å². The van der Waals surface area contributed by atoms with Gasteiger partial charge in [-0.15, -0.1) is 0 Å². The van der Waals surface area contributed by atoms with Crippen LogP contribution in [0.5, 0.6) is 0 Å². The molecule has 0 aliphatic carbocycles. The molecule has 0 fully saturated rings. The van der Waals surface area contributed by atoms with Crippen LogP contribution < -0.4 is 5.32 Å². The molecule has 2 aromatic heterocycles. The van der Waals surface area contributed by atoms with Crippen LogP contribution in [0.2, 0.25) is 5.15 Å². The molecule has 6 nitrogen and oxygen atoms in total. The normalized spacial score (nSPS) is 11.9. The van der Waals surface area contributed by atoms with Crippen molar-refractivity contribution in [2.75, 3.05) is 5.32 Å². The number of nitrogens with one attached hydrogen (secondary N) is 1. The van der Waals surface area contributed by atoms with E-state index in [1.54, 1.807) is 18.5 Å². The zero-order valence-corrected chi connectivity index (χ0v) is 10.8. The smallest absolute Gasteiger partial charge is 0.311 e. The highest BCUT2D eigenvalue weighted by Gasteiger charge is 2.18. The Kier molecular flexibility index (Phi) is 3.91. The topological polar surface area (TPSA) is 81.0 Å². The first-order valence-corrected chi connectivity index (χ1v) is 5.93. The van der Waals surface area contributed by atoms with Crippen LogP contribution in [-0.2, 0) is 0 Å². The van der Waals surface area contributed by atoms with Crippen LogP contribution in [0.3, 0.4) is 0 Å². The van der Waals surface area contributed by atoms with Gasteiger partial charge in [-0.1, -0.05) is 17.7 Å². The number of hydrogen-bond donors (Lipinski definition) is 1. The van der Waals surface area contributed by atoms with Crippen LogP contribution in [0.1, 0.15) is 18.5 Å². The van der Waals surface area contributed by atoms with Crippen molar-refractivity contribution in [3.63, 3.8) is 0 Å².